The number of carbonyl (C=O) groups excluding carboxylic acids is 1. The van der Waals surface area contributed by atoms with Crippen LogP contribution < -0.4 is 10.5 Å². The molecule has 8 heteroatoms. The highest BCUT2D eigenvalue weighted by atomic mass is 32.2. The topological polar surface area (TPSA) is 118 Å². The Kier molecular flexibility index (Phi) is 3.99. The Balaban J connectivity index is 2.22. The second kappa shape index (κ2) is 5.57. The molecule has 0 saturated carbocycles. The number of aromatic amines is 1. The van der Waals surface area contributed by atoms with Crippen molar-refractivity contribution in [3.8, 4) is 0 Å². The number of hydrogen-bond donors (Lipinski definition) is 3. The summed E-state index contributed by atoms with van der Waals surface area (Å²) in [4.78, 5) is 11.0. The highest BCUT2D eigenvalue weighted by molar-refractivity contribution is 7.92. The smallest absolute Gasteiger partial charge is 0.263 e. The summed E-state index contributed by atoms with van der Waals surface area (Å²) in [5.41, 5.74) is 6.19. The predicted molar refractivity (Wildman–Crippen MR) is 78.4 cm³/mol. The van der Waals surface area contributed by atoms with Crippen LogP contribution in [0.15, 0.2) is 35.2 Å². The lowest BCUT2D eigenvalue weighted by Gasteiger charge is -2.05. The van der Waals surface area contributed by atoms with Crippen molar-refractivity contribution >= 4 is 21.7 Å². The molecule has 1 aromatic heterocycles. The molecule has 0 atom stereocenters. The summed E-state index contributed by atoms with van der Waals surface area (Å²) in [7, 11) is -3.75. The van der Waals surface area contributed by atoms with Gasteiger partial charge in [0.15, 0.2) is 5.82 Å². The van der Waals surface area contributed by atoms with Crippen LogP contribution in [0.5, 0.6) is 0 Å². The van der Waals surface area contributed by atoms with E-state index in [-0.39, 0.29) is 22.2 Å². The van der Waals surface area contributed by atoms with Crippen LogP contribution in [-0.4, -0.2) is 24.5 Å². The SMILES string of the molecule is CC(C)c1cc(NS(=O)(=O)c2ccc(C(N)=O)cc2)n[nH]1. The first kappa shape index (κ1) is 15.0. The second-order valence-electron chi connectivity index (χ2n) is 4.86. The lowest BCUT2D eigenvalue weighted by atomic mass is 10.1. The summed E-state index contributed by atoms with van der Waals surface area (Å²) in [5, 5.41) is 6.67. The summed E-state index contributed by atoms with van der Waals surface area (Å²) in [6, 6.07) is 7.00. The van der Waals surface area contributed by atoms with Crippen LogP contribution in [0, 0.1) is 0 Å². The van der Waals surface area contributed by atoms with Crippen LogP contribution >= 0.6 is 0 Å². The Bertz CT molecular complexity index is 748. The van der Waals surface area contributed by atoms with Gasteiger partial charge >= 0.3 is 0 Å². The van der Waals surface area contributed by atoms with E-state index in [2.05, 4.69) is 14.9 Å². The zero-order chi connectivity index (χ0) is 15.6. The van der Waals surface area contributed by atoms with Crippen LogP contribution in [0.25, 0.3) is 0 Å². The van der Waals surface area contributed by atoms with Crippen molar-refractivity contribution in [3.63, 3.8) is 0 Å². The van der Waals surface area contributed by atoms with Gasteiger partial charge in [0.05, 0.1) is 4.90 Å². The van der Waals surface area contributed by atoms with Gasteiger partial charge in [-0.15, -0.1) is 0 Å². The Morgan fingerprint density at radius 2 is 1.90 bits per heavy atom. The molecule has 2 aromatic rings. The summed E-state index contributed by atoms with van der Waals surface area (Å²) >= 11 is 0. The van der Waals surface area contributed by atoms with Crippen LogP contribution in [-0.2, 0) is 10.0 Å². The number of primary amides is 1. The summed E-state index contributed by atoms with van der Waals surface area (Å²) in [6.45, 7) is 3.93. The molecule has 0 fully saturated rings. The predicted octanol–water partition coefficient (Wildman–Crippen LogP) is 1.43. The van der Waals surface area contributed by atoms with Gasteiger partial charge in [-0.3, -0.25) is 14.6 Å². The van der Waals surface area contributed by atoms with Crippen LogP contribution in [0.1, 0.15) is 35.8 Å². The van der Waals surface area contributed by atoms with E-state index >= 15 is 0 Å². The molecule has 0 spiro atoms. The summed E-state index contributed by atoms with van der Waals surface area (Å²) in [6.07, 6.45) is 0. The third-order valence-electron chi connectivity index (χ3n) is 2.91. The Morgan fingerprint density at radius 3 is 2.38 bits per heavy atom. The van der Waals surface area contributed by atoms with Crippen LogP contribution in [0.3, 0.4) is 0 Å². The van der Waals surface area contributed by atoms with Crippen molar-refractivity contribution in [2.75, 3.05) is 4.72 Å². The first-order valence-corrected chi connectivity index (χ1v) is 7.76. The van der Waals surface area contributed by atoms with E-state index in [9.17, 15) is 13.2 Å². The summed E-state index contributed by atoms with van der Waals surface area (Å²) in [5.74, 6) is -0.177. The quantitative estimate of drug-likeness (QED) is 0.774. The number of carbonyl (C=O) groups is 1. The fourth-order valence-corrected chi connectivity index (χ4v) is 2.67. The molecule has 2 rings (SSSR count). The highest BCUT2D eigenvalue weighted by Gasteiger charge is 2.16. The molecular formula is C13H16N4O3S. The number of hydrogen-bond acceptors (Lipinski definition) is 4. The molecule has 1 amide bonds. The molecule has 112 valence electrons. The van der Waals surface area contributed by atoms with Gasteiger partial charge in [-0.1, -0.05) is 13.8 Å². The highest BCUT2D eigenvalue weighted by Crippen LogP contribution is 2.18. The van der Waals surface area contributed by atoms with Crippen molar-refractivity contribution in [3.05, 3.63) is 41.6 Å². The van der Waals surface area contributed by atoms with Gasteiger partial charge in [0.25, 0.3) is 10.0 Å². The fourth-order valence-electron chi connectivity index (χ4n) is 1.68. The molecular weight excluding hydrogens is 292 g/mol. The second-order valence-corrected chi connectivity index (χ2v) is 6.54. The number of H-pyrrole nitrogens is 1. The molecule has 1 heterocycles. The molecule has 0 bridgehead atoms. The molecule has 7 nitrogen and oxygen atoms in total. The average Bonchev–Trinajstić information content (AvgIpc) is 2.87. The van der Waals surface area contributed by atoms with E-state index in [1.54, 1.807) is 6.07 Å². The van der Waals surface area contributed by atoms with Gasteiger partial charge in [0.1, 0.15) is 0 Å². The van der Waals surface area contributed by atoms with Crippen molar-refractivity contribution < 1.29 is 13.2 Å². The number of nitrogens with two attached hydrogens (primary N) is 1. The largest absolute Gasteiger partial charge is 0.366 e. The normalized spacial score (nSPS) is 11.6. The van der Waals surface area contributed by atoms with Gasteiger partial charge in [-0.2, -0.15) is 5.10 Å². The molecule has 0 aliphatic carbocycles. The maximum Gasteiger partial charge on any atom is 0.263 e. The van der Waals surface area contributed by atoms with Gasteiger partial charge in [0, 0.05) is 17.3 Å². The van der Waals surface area contributed by atoms with Gasteiger partial charge in [0.2, 0.25) is 5.91 Å². The lowest BCUT2D eigenvalue weighted by Crippen LogP contribution is -2.14. The zero-order valence-electron chi connectivity index (χ0n) is 11.6. The number of benzene rings is 1. The molecule has 21 heavy (non-hydrogen) atoms. The Morgan fingerprint density at radius 1 is 1.29 bits per heavy atom. The molecule has 0 aliphatic heterocycles. The van der Waals surface area contributed by atoms with Crippen LogP contribution in [0.2, 0.25) is 0 Å². The van der Waals surface area contributed by atoms with E-state index < -0.39 is 15.9 Å². The molecule has 0 saturated heterocycles. The minimum Gasteiger partial charge on any atom is -0.366 e. The van der Waals surface area contributed by atoms with Crippen molar-refractivity contribution in [1.82, 2.24) is 10.2 Å². The molecule has 0 radical (unpaired) electrons. The number of amides is 1. The first-order chi connectivity index (χ1) is 9.79. The molecule has 0 aliphatic rings. The maximum absolute atomic E-state index is 12.2. The lowest BCUT2D eigenvalue weighted by molar-refractivity contribution is 0.1000. The number of nitrogens with one attached hydrogen (secondary N) is 2. The van der Waals surface area contributed by atoms with Crippen molar-refractivity contribution in [1.29, 1.82) is 0 Å². The molecule has 4 N–H and O–H groups in total. The van der Waals surface area contributed by atoms with Gasteiger partial charge < -0.3 is 5.73 Å². The Labute approximate surface area is 122 Å². The van der Waals surface area contributed by atoms with E-state index in [4.69, 9.17) is 5.73 Å². The van der Waals surface area contributed by atoms with E-state index in [0.717, 1.165) is 5.69 Å². The van der Waals surface area contributed by atoms with Crippen LogP contribution in [0.4, 0.5) is 5.82 Å². The third kappa shape index (κ3) is 3.40. The zero-order valence-corrected chi connectivity index (χ0v) is 12.4. The fraction of sp³-hybridized carbons (Fsp3) is 0.231. The van der Waals surface area contributed by atoms with E-state index in [1.807, 2.05) is 13.8 Å². The van der Waals surface area contributed by atoms with E-state index in [1.165, 1.54) is 24.3 Å². The number of rotatable bonds is 5. The van der Waals surface area contributed by atoms with E-state index in [0.29, 0.717) is 0 Å². The van der Waals surface area contributed by atoms with Gasteiger partial charge in [-0.25, -0.2) is 8.42 Å². The first-order valence-electron chi connectivity index (χ1n) is 6.27. The average molecular weight is 308 g/mol. The van der Waals surface area contributed by atoms with Crippen molar-refractivity contribution in [2.24, 2.45) is 5.73 Å². The maximum atomic E-state index is 12.2. The number of anilines is 1. The minimum absolute atomic E-state index is 0.0293. The molecule has 0 unspecified atom stereocenters. The standard InChI is InChI=1S/C13H16N4O3S/c1-8(2)11-7-12(16-15-11)17-21(19,20)10-5-3-9(4-6-10)13(14)18/h3-8H,1-2H3,(H2,14,18)(H2,15,16,17). The summed E-state index contributed by atoms with van der Waals surface area (Å²) < 4.78 is 26.7. The molecule has 1 aromatic carbocycles. The van der Waals surface area contributed by atoms with Crippen molar-refractivity contribution in [2.45, 2.75) is 24.7 Å². The van der Waals surface area contributed by atoms with Gasteiger partial charge in [-0.05, 0) is 30.2 Å². The number of sulfonamides is 1. The Hall–Kier alpha value is -2.35. The number of aromatic nitrogens is 2. The minimum atomic E-state index is -3.75. The third-order valence-corrected chi connectivity index (χ3v) is 4.28. The number of nitrogens with zero attached hydrogens (tertiary/aromatic N) is 1. The monoisotopic (exact) mass is 308 g/mol.